The van der Waals surface area contributed by atoms with Crippen LogP contribution in [0.25, 0.3) is 11.3 Å². The van der Waals surface area contributed by atoms with Crippen LogP contribution in [0.3, 0.4) is 0 Å². The first-order chi connectivity index (χ1) is 15.2. The molecule has 0 saturated carbocycles. The monoisotopic (exact) mass is 459 g/mol. The van der Waals surface area contributed by atoms with Gasteiger partial charge in [-0.2, -0.15) is 4.39 Å². The number of hydrogen-bond donors (Lipinski definition) is 1. The SMILES string of the molecule is C=CC(=O)N1CCN(C(C)=O)[C@H](c2cc(Cl)nc(-c3cc(F)nc(C(=O)NC)c3)c2)[C@@H]1C. The number of rotatable bonds is 4. The molecule has 168 valence electrons. The summed E-state index contributed by atoms with van der Waals surface area (Å²) in [6.07, 6.45) is 1.24. The predicted octanol–water partition coefficient (Wildman–Crippen LogP) is 2.60. The van der Waals surface area contributed by atoms with Crippen LogP contribution in [0.15, 0.2) is 36.9 Å². The summed E-state index contributed by atoms with van der Waals surface area (Å²) in [5.41, 5.74) is 1.13. The molecule has 2 atom stereocenters. The Labute approximate surface area is 190 Å². The lowest BCUT2D eigenvalue weighted by molar-refractivity contribution is -0.143. The van der Waals surface area contributed by atoms with E-state index in [9.17, 15) is 18.8 Å². The second-order valence-electron chi connectivity index (χ2n) is 7.38. The van der Waals surface area contributed by atoms with Crippen molar-refractivity contribution in [3.8, 4) is 11.3 Å². The van der Waals surface area contributed by atoms with E-state index < -0.39 is 17.9 Å². The molecule has 0 aromatic carbocycles. The van der Waals surface area contributed by atoms with Gasteiger partial charge < -0.3 is 15.1 Å². The molecule has 8 nitrogen and oxygen atoms in total. The highest BCUT2D eigenvalue weighted by atomic mass is 35.5. The van der Waals surface area contributed by atoms with Gasteiger partial charge in [0.1, 0.15) is 10.8 Å². The fourth-order valence-corrected chi connectivity index (χ4v) is 4.17. The zero-order valence-electron chi connectivity index (χ0n) is 17.9. The van der Waals surface area contributed by atoms with Crippen molar-refractivity contribution in [2.24, 2.45) is 0 Å². The predicted molar refractivity (Wildman–Crippen MR) is 117 cm³/mol. The Kier molecular flexibility index (Phi) is 6.88. The molecule has 0 radical (unpaired) electrons. The molecule has 2 aromatic rings. The molecule has 1 aliphatic heterocycles. The second-order valence-corrected chi connectivity index (χ2v) is 7.77. The van der Waals surface area contributed by atoms with Gasteiger partial charge in [-0.05, 0) is 36.8 Å². The van der Waals surface area contributed by atoms with Crippen LogP contribution in [-0.4, -0.2) is 63.7 Å². The van der Waals surface area contributed by atoms with Crippen molar-refractivity contribution in [1.29, 1.82) is 0 Å². The highest BCUT2D eigenvalue weighted by molar-refractivity contribution is 6.29. The Morgan fingerprint density at radius 1 is 1.19 bits per heavy atom. The lowest BCUT2D eigenvalue weighted by atomic mass is 9.94. The summed E-state index contributed by atoms with van der Waals surface area (Å²) in [4.78, 5) is 47.8. The molecule has 1 N–H and O–H groups in total. The Hall–Kier alpha value is -3.33. The first-order valence-electron chi connectivity index (χ1n) is 9.94. The van der Waals surface area contributed by atoms with Gasteiger partial charge in [-0.15, -0.1) is 0 Å². The third-order valence-electron chi connectivity index (χ3n) is 5.44. The number of nitrogens with zero attached hydrogens (tertiary/aromatic N) is 4. The number of halogens is 2. The summed E-state index contributed by atoms with van der Waals surface area (Å²) >= 11 is 6.29. The molecule has 10 heteroatoms. The maximum absolute atomic E-state index is 14.1. The van der Waals surface area contributed by atoms with Gasteiger partial charge in [0.15, 0.2) is 0 Å². The van der Waals surface area contributed by atoms with Crippen LogP contribution >= 0.6 is 11.6 Å². The van der Waals surface area contributed by atoms with E-state index in [-0.39, 0.29) is 28.7 Å². The van der Waals surface area contributed by atoms with Crippen LogP contribution in [0, 0.1) is 5.95 Å². The summed E-state index contributed by atoms with van der Waals surface area (Å²) in [5, 5.41) is 2.53. The molecule has 1 fully saturated rings. The van der Waals surface area contributed by atoms with E-state index in [0.717, 1.165) is 6.07 Å². The average molecular weight is 460 g/mol. The molecule has 0 bridgehead atoms. The summed E-state index contributed by atoms with van der Waals surface area (Å²) in [7, 11) is 1.42. The van der Waals surface area contributed by atoms with Crippen molar-refractivity contribution in [3.05, 3.63) is 59.3 Å². The summed E-state index contributed by atoms with van der Waals surface area (Å²) in [6.45, 7) is 7.56. The smallest absolute Gasteiger partial charge is 0.269 e. The van der Waals surface area contributed by atoms with Crippen molar-refractivity contribution in [3.63, 3.8) is 0 Å². The van der Waals surface area contributed by atoms with Crippen LogP contribution in [0.4, 0.5) is 4.39 Å². The Bertz CT molecular complexity index is 1090. The highest BCUT2D eigenvalue weighted by Gasteiger charge is 2.38. The normalized spacial score (nSPS) is 18.3. The number of carbonyl (C=O) groups is 3. The Balaban J connectivity index is 2.11. The van der Waals surface area contributed by atoms with Crippen LogP contribution in [0.2, 0.25) is 5.15 Å². The van der Waals surface area contributed by atoms with Gasteiger partial charge >= 0.3 is 0 Å². The largest absolute Gasteiger partial charge is 0.354 e. The van der Waals surface area contributed by atoms with Crippen molar-refractivity contribution >= 4 is 29.3 Å². The number of pyridine rings is 2. The summed E-state index contributed by atoms with van der Waals surface area (Å²) in [5.74, 6) is -1.78. The zero-order chi connectivity index (χ0) is 23.6. The van der Waals surface area contributed by atoms with Crippen LogP contribution in [0.5, 0.6) is 0 Å². The number of nitrogens with one attached hydrogen (secondary N) is 1. The summed E-state index contributed by atoms with van der Waals surface area (Å²) in [6, 6.07) is 4.96. The van der Waals surface area contributed by atoms with E-state index in [2.05, 4.69) is 21.9 Å². The van der Waals surface area contributed by atoms with Crippen molar-refractivity contribution < 1.29 is 18.8 Å². The summed E-state index contributed by atoms with van der Waals surface area (Å²) < 4.78 is 14.1. The number of aromatic nitrogens is 2. The molecular formula is C22H23ClFN5O3. The van der Waals surface area contributed by atoms with Gasteiger partial charge in [0.2, 0.25) is 17.8 Å². The lowest BCUT2D eigenvalue weighted by Crippen LogP contribution is -2.56. The van der Waals surface area contributed by atoms with Crippen LogP contribution in [-0.2, 0) is 9.59 Å². The average Bonchev–Trinajstić information content (AvgIpc) is 2.76. The third kappa shape index (κ3) is 4.62. The van der Waals surface area contributed by atoms with Gasteiger partial charge in [-0.3, -0.25) is 14.4 Å². The fourth-order valence-electron chi connectivity index (χ4n) is 3.95. The van der Waals surface area contributed by atoms with E-state index in [1.165, 1.54) is 26.1 Å². The van der Waals surface area contributed by atoms with Crippen molar-refractivity contribution in [1.82, 2.24) is 25.1 Å². The minimum atomic E-state index is -0.844. The topological polar surface area (TPSA) is 95.5 Å². The standard InChI is InChI=1S/C22H23ClFN5O3/c1-5-20(31)28-6-7-29(13(3)30)21(12(28)2)15-9-16(26-18(23)10-15)14-8-17(22(32)25-4)27-19(24)11-14/h5,8-12,21H,1,6-7H2,2-4H3,(H,25,32)/t12-,21-/m0/s1. The van der Waals surface area contributed by atoms with Gasteiger partial charge in [0.05, 0.1) is 17.8 Å². The Morgan fingerprint density at radius 2 is 1.88 bits per heavy atom. The lowest BCUT2D eigenvalue weighted by Gasteiger charge is -2.46. The van der Waals surface area contributed by atoms with E-state index >= 15 is 0 Å². The van der Waals surface area contributed by atoms with E-state index in [1.54, 1.807) is 21.9 Å². The third-order valence-corrected chi connectivity index (χ3v) is 5.63. The maximum atomic E-state index is 14.1. The van der Waals surface area contributed by atoms with Gasteiger partial charge in [-0.1, -0.05) is 18.2 Å². The molecule has 0 aliphatic carbocycles. The zero-order valence-corrected chi connectivity index (χ0v) is 18.7. The second kappa shape index (κ2) is 9.44. The quantitative estimate of drug-likeness (QED) is 0.560. The minimum absolute atomic E-state index is 0.107. The molecular weight excluding hydrogens is 437 g/mol. The van der Waals surface area contributed by atoms with E-state index in [1.807, 2.05) is 6.92 Å². The fraction of sp³-hybridized carbons (Fsp3) is 0.318. The van der Waals surface area contributed by atoms with E-state index in [4.69, 9.17) is 11.6 Å². The molecule has 32 heavy (non-hydrogen) atoms. The highest BCUT2D eigenvalue weighted by Crippen LogP contribution is 2.34. The van der Waals surface area contributed by atoms with Crippen LogP contribution < -0.4 is 5.32 Å². The van der Waals surface area contributed by atoms with Gasteiger partial charge in [0.25, 0.3) is 5.91 Å². The van der Waals surface area contributed by atoms with Crippen molar-refractivity contribution in [2.45, 2.75) is 25.9 Å². The molecule has 3 rings (SSSR count). The molecule has 1 aliphatic rings. The van der Waals surface area contributed by atoms with Gasteiger partial charge in [0, 0.05) is 38.7 Å². The first kappa shape index (κ1) is 23.3. The molecule has 0 spiro atoms. The minimum Gasteiger partial charge on any atom is -0.354 e. The molecule has 2 aromatic heterocycles. The molecule has 0 unspecified atom stereocenters. The first-order valence-corrected chi connectivity index (χ1v) is 10.3. The van der Waals surface area contributed by atoms with E-state index in [0.29, 0.717) is 29.9 Å². The van der Waals surface area contributed by atoms with Crippen molar-refractivity contribution in [2.75, 3.05) is 20.1 Å². The molecule has 3 heterocycles. The number of amides is 3. The molecule has 3 amide bonds. The maximum Gasteiger partial charge on any atom is 0.269 e. The van der Waals surface area contributed by atoms with Crippen LogP contribution in [0.1, 0.15) is 35.9 Å². The molecule has 1 saturated heterocycles. The number of piperazine rings is 1. The number of hydrogen-bond acceptors (Lipinski definition) is 5. The number of carbonyl (C=O) groups excluding carboxylic acids is 3. The van der Waals surface area contributed by atoms with Gasteiger partial charge in [-0.25, -0.2) is 9.97 Å². The Morgan fingerprint density at radius 3 is 2.50 bits per heavy atom.